The summed E-state index contributed by atoms with van der Waals surface area (Å²) in [6.45, 7) is 0.715. The van der Waals surface area contributed by atoms with Crippen LogP contribution in [0.1, 0.15) is 23.3 Å². The predicted octanol–water partition coefficient (Wildman–Crippen LogP) is -1.32. The number of anilines is 1. The minimum Gasteiger partial charge on any atom is -0.366 e. The highest BCUT2D eigenvalue weighted by Gasteiger charge is 2.25. The topological polar surface area (TPSA) is 123 Å². The van der Waals surface area contributed by atoms with Crippen molar-refractivity contribution in [3.8, 4) is 0 Å². The van der Waals surface area contributed by atoms with Gasteiger partial charge in [-0.1, -0.05) is 0 Å². The third-order valence-corrected chi connectivity index (χ3v) is 2.79. The Morgan fingerprint density at radius 1 is 1.44 bits per heavy atom. The number of nitrogen functional groups attached to an aromatic ring is 2. The summed E-state index contributed by atoms with van der Waals surface area (Å²) < 4.78 is 1.30. The van der Waals surface area contributed by atoms with E-state index in [-0.39, 0.29) is 12.0 Å². The van der Waals surface area contributed by atoms with Gasteiger partial charge in [0.15, 0.2) is 5.82 Å². The van der Waals surface area contributed by atoms with Gasteiger partial charge in [0.1, 0.15) is 0 Å². The summed E-state index contributed by atoms with van der Waals surface area (Å²) in [5, 5.41) is 11.0. The second-order valence-corrected chi connectivity index (χ2v) is 3.75. The van der Waals surface area contributed by atoms with Gasteiger partial charge in [0.05, 0.1) is 23.8 Å². The molecular weight excluding hydrogens is 208 g/mol. The average molecular weight is 220 g/mol. The molecule has 0 aliphatic carbocycles. The van der Waals surface area contributed by atoms with E-state index in [4.69, 9.17) is 11.6 Å². The molecule has 6 N–H and O–H groups in total. The summed E-state index contributed by atoms with van der Waals surface area (Å²) in [6.07, 6.45) is 2.42. The molecular formula is C8H12N8. The van der Waals surface area contributed by atoms with Crippen LogP contribution in [0.3, 0.4) is 0 Å². The lowest BCUT2D eigenvalue weighted by Gasteiger charge is -2.21. The minimum absolute atomic E-state index is 0.00519. The largest absolute Gasteiger partial charge is 0.366 e. The van der Waals surface area contributed by atoms with Crippen LogP contribution in [0.15, 0.2) is 6.33 Å². The van der Waals surface area contributed by atoms with Crippen molar-refractivity contribution in [1.29, 1.82) is 0 Å². The highest BCUT2D eigenvalue weighted by atomic mass is 15.5. The Balaban J connectivity index is 1.91. The fourth-order valence-corrected chi connectivity index (χ4v) is 1.91. The number of hydrogen-bond acceptors (Lipinski definition) is 6. The maximum absolute atomic E-state index is 5.73. The highest BCUT2D eigenvalue weighted by molar-refractivity contribution is 5.23. The van der Waals surface area contributed by atoms with Gasteiger partial charge in [-0.05, 0) is 0 Å². The van der Waals surface area contributed by atoms with Crippen LogP contribution in [0.4, 0.5) is 5.95 Å². The van der Waals surface area contributed by atoms with Crippen molar-refractivity contribution in [3.63, 3.8) is 0 Å². The molecule has 0 aromatic carbocycles. The van der Waals surface area contributed by atoms with Crippen molar-refractivity contribution in [1.82, 2.24) is 30.2 Å². The van der Waals surface area contributed by atoms with Crippen LogP contribution >= 0.6 is 0 Å². The molecule has 1 atom stereocenters. The van der Waals surface area contributed by atoms with Crippen molar-refractivity contribution in [2.75, 3.05) is 11.6 Å². The van der Waals surface area contributed by atoms with Gasteiger partial charge in [-0.2, -0.15) is 0 Å². The van der Waals surface area contributed by atoms with Gasteiger partial charge < -0.3 is 21.9 Å². The lowest BCUT2D eigenvalue weighted by molar-refractivity contribution is 0.459. The number of fused-ring (bicyclic) bond motifs is 1. The van der Waals surface area contributed by atoms with Crippen molar-refractivity contribution >= 4 is 5.95 Å². The first-order chi connectivity index (χ1) is 7.75. The van der Waals surface area contributed by atoms with Crippen LogP contribution in [0.2, 0.25) is 0 Å². The average Bonchev–Trinajstić information content (AvgIpc) is 2.86. The quantitative estimate of drug-likeness (QED) is 0.442. The maximum Gasteiger partial charge on any atom is 0.240 e. The molecule has 2 aromatic heterocycles. The number of H-pyrrole nitrogens is 1. The molecule has 84 valence electrons. The fourth-order valence-electron chi connectivity index (χ4n) is 1.91. The number of rotatable bonds is 1. The molecule has 0 amide bonds. The van der Waals surface area contributed by atoms with E-state index in [1.807, 2.05) is 0 Å². The standard InChI is InChI=1S/C8H12N8/c9-8-15-14-7(16(8)10)5-1-4-6(2-11-5)13-3-12-4/h3,5,11H,1-2,10H2,(H2,9,15)(H,12,13). The van der Waals surface area contributed by atoms with E-state index in [1.54, 1.807) is 6.33 Å². The monoisotopic (exact) mass is 220 g/mol. The summed E-state index contributed by atoms with van der Waals surface area (Å²) in [5.74, 6) is 6.57. The van der Waals surface area contributed by atoms with Crippen molar-refractivity contribution in [2.45, 2.75) is 19.0 Å². The molecule has 8 heteroatoms. The third-order valence-electron chi connectivity index (χ3n) is 2.79. The zero-order valence-electron chi connectivity index (χ0n) is 8.51. The van der Waals surface area contributed by atoms with E-state index in [2.05, 4.69) is 25.5 Å². The summed E-state index contributed by atoms with van der Waals surface area (Å²) in [4.78, 5) is 7.32. The van der Waals surface area contributed by atoms with E-state index in [0.29, 0.717) is 12.4 Å². The van der Waals surface area contributed by atoms with Crippen LogP contribution in [-0.2, 0) is 13.0 Å². The van der Waals surface area contributed by atoms with Crippen LogP contribution in [0.25, 0.3) is 0 Å². The Bertz CT molecular complexity index is 512. The molecule has 16 heavy (non-hydrogen) atoms. The number of hydrogen-bond donors (Lipinski definition) is 4. The third kappa shape index (κ3) is 1.23. The molecule has 1 unspecified atom stereocenters. The Labute approximate surface area is 91.0 Å². The highest BCUT2D eigenvalue weighted by Crippen LogP contribution is 2.22. The SMILES string of the molecule is Nc1nnc(C2Cc3nc[nH]c3CN2)n1N. The Morgan fingerprint density at radius 3 is 3.06 bits per heavy atom. The number of nitrogens with two attached hydrogens (primary N) is 2. The van der Waals surface area contributed by atoms with Crippen LogP contribution in [0.5, 0.6) is 0 Å². The molecule has 0 saturated heterocycles. The van der Waals surface area contributed by atoms with Gasteiger partial charge in [0.2, 0.25) is 5.95 Å². The van der Waals surface area contributed by atoms with E-state index in [9.17, 15) is 0 Å². The number of nitrogens with one attached hydrogen (secondary N) is 2. The molecule has 8 nitrogen and oxygen atoms in total. The van der Waals surface area contributed by atoms with E-state index in [0.717, 1.165) is 17.8 Å². The number of aromatic amines is 1. The first-order valence-electron chi connectivity index (χ1n) is 4.96. The number of aromatic nitrogens is 5. The van der Waals surface area contributed by atoms with Crippen LogP contribution < -0.4 is 16.9 Å². The van der Waals surface area contributed by atoms with E-state index in [1.165, 1.54) is 4.68 Å². The zero-order chi connectivity index (χ0) is 11.1. The summed E-state index contributed by atoms with van der Waals surface area (Å²) in [5.41, 5.74) is 7.67. The molecule has 0 bridgehead atoms. The number of nitrogens with zero attached hydrogens (tertiary/aromatic N) is 4. The zero-order valence-corrected chi connectivity index (χ0v) is 8.51. The van der Waals surface area contributed by atoms with Crippen LogP contribution in [-0.4, -0.2) is 24.8 Å². The van der Waals surface area contributed by atoms with Gasteiger partial charge in [-0.25, -0.2) is 9.66 Å². The second-order valence-electron chi connectivity index (χ2n) is 3.75. The molecule has 1 aliphatic rings. The Morgan fingerprint density at radius 2 is 2.31 bits per heavy atom. The van der Waals surface area contributed by atoms with Crippen LogP contribution in [0, 0.1) is 0 Å². The normalized spacial score (nSPS) is 19.6. The molecule has 0 radical (unpaired) electrons. The van der Waals surface area contributed by atoms with Crippen molar-refractivity contribution in [3.05, 3.63) is 23.5 Å². The van der Waals surface area contributed by atoms with Crippen molar-refractivity contribution in [2.24, 2.45) is 0 Å². The van der Waals surface area contributed by atoms with Gasteiger partial charge in [0, 0.05) is 13.0 Å². The summed E-state index contributed by atoms with van der Waals surface area (Å²) in [7, 11) is 0. The molecule has 2 aromatic rings. The molecule has 0 spiro atoms. The van der Waals surface area contributed by atoms with Gasteiger partial charge in [0.25, 0.3) is 0 Å². The fraction of sp³-hybridized carbons (Fsp3) is 0.375. The Hall–Kier alpha value is -2.09. The first-order valence-corrected chi connectivity index (χ1v) is 4.96. The number of imidazole rings is 1. The van der Waals surface area contributed by atoms with Gasteiger partial charge >= 0.3 is 0 Å². The minimum atomic E-state index is 0.00519. The maximum atomic E-state index is 5.73. The molecule has 0 saturated carbocycles. The molecule has 3 rings (SSSR count). The molecule has 1 aliphatic heterocycles. The van der Waals surface area contributed by atoms with Gasteiger partial charge in [-0.3, -0.25) is 0 Å². The van der Waals surface area contributed by atoms with Gasteiger partial charge in [-0.15, -0.1) is 10.2 Å². The summed E-state index contributed by atoms with van der Waals surface area (Å²) >= 11 is 0. The van der Waals surface area contributed by atoms with E-state index < -0.39 is 0 Å². The van der Waals surface area contributed by atoms with E-state index >= 15 is 0 Å². The molecule has 0 fully saturated rings. The molecule has 3 heterocycles. The first kappa shape index (κ1) is 9.16. The smallest absolute Gasteiger partial charge is 0.240 e. The lowest BCUT2D eigenvalue weighted by atomic mass is 10.1. The second kappa shape index (κ2) is 3.20. The Kier molecular flexibility index (Phi) is 1.83. The lowest BCUT2D eigenvalue weighted by Crippen LogP contribution is -2.32. The van der Waals surface area contributed by atoms with Crippen molar-refractivity contribution < 1.29 is 0 Å². The predicted molar refractivity (Wildman–Crippen MR) is 56.5 cm³/mol. The summed E-state index contributed by atoms with van der Waals surface area (Å²) in [6, 6.07) is 0.00519.